The largest absolute Gasteiger partial charge is 0.494 e. The Hall–Kier alpha value is -2.03. The Morgan fingerprint density at radius 2 is 1.88 bits per heavy atom. The fourth-order valence-electron chi connectivity index (χ4n) is 2.24. The van der Waals surface area contributed by atoms with E-state index in [9.17, 15) is 4.39 Å². The smallest absolute Gasteiger partial charge is 0.191 e. The van der Waals surface area contributed by atoms with Gasteiger partial charge in [-0.15, -0.1) is 24.0 Å². The van der Waals surface area contributed by atoms with Gasteiger partial charge in [-0.05, 0) is 25.1 Å². The second-order valence-electron chi connectivity index (χ2n) is 5.20. The van der Waals surface area contributed by atoms with E-state index in [1.807, 2.05) is 31.2 Å². The van der Waals surface area contributed by atoms with Crippen molar-refractivity contribution < 1.29 is 13.9 Å². The molecule has 0 fully saturated rings. The monoisotopic (exact) mass is 473 g/mol. The summed E-state index contributed by atoms with van der Waals surface area (Å²) in [6.45, 7) is 4.13. The zero-order valence-electron chi connectivity index (χ0n) is 15.0. The Morgan fingerprint density at radius 1 is 1.08 bits per heavy atom. The van der Waals surface area contributed by atoms with Crippen LogP contribution in [-0.2, 0) is 6.54 Å². The lowest BCUT2D eigenvalue weighted by Gasteiger charge is -2.14. The molecule has 0 aliphatic carbocycles. The molecular formula is C19H25FIN3O2. The molecule has 2 aromatic rings. The number of rotatable bonds is 8. The molecule has 0 aromatic heterocycles. The summed E-state index contributed by atoms with van der Waals surface area (Å²) in [4.78, 5) is 4.18. The van der Waals surface area contributed by atoms with Crippen molar-refractivity contribution in [3.8, 4) is 11.5 Å². The van der Waals surface area contributed by atoms with Gasteiger partial charge in [-0.2, -0.15) is 0 Å². The predicted molar refractivity (Wildman–Crippen MR) is 113 cm³/mol. The summed E-state index contributed by atoms with van der Waals surface area (Å²) in [5.74, 6) is 1.72. The van der Waals surface area contributed by atoms with Crippen molar-refractivity contribution in [2.45, 2.75) is 13.5 Å². The van der Waals surface area contributed by atoms with Crippen LogP contribution in [0.3, 0.4) is 0 Å². The Balaban J connectivity index is 0.00000338. The molecule has 2 N–H and O–H groups in total. The Morgan fingerprint density at radius 3 is 2.62 bits per heavy atom. The molecule has 0 amide bonds. The zero-order valence-corrected chi connectivity index (χ0v) is 17.3. The van der Waals surface area contributed by atoms with E-state index in [2.05, 4.69) is 15.6 Å². The van der Waals surface area contributed by atoms with Gasteiger partial charge in [0.1, 0.15) is 23.9 Å². The van der Waals surface area contributed by atoms with Gasteiger partial charge in [0.05, 0.1) is 13.2 Å². The maximum absolute atomic E-state index is 13.1. The molecule has 2 aromatic carbocycles. The van der Waals surface area contributed by atoms with Gasteiger partial charge in [-0.25, -0.2) is 4.39 Å². The number of hydrogen-bond acceptors (Lipinski definition) is 3. The third kappa shape index (κ3) is 7.47. The highest BCUT2D eigenvalue weighted by Gasteiger charge is 2.04. The minimum absolute atomic E-state index is 0. The maximum atomic E-state index is 13.1. The highest BCUT2D eigenvalue weighted by molar-refractivity contribution is 14.0. The van der Waals surface area contributed by atoms with Gasteiger partial charge in [0, 0.05) is 25.2 Å². The fraction of sp³-hybridized carbons (Fsp3) is 0.316. The lowest BCUT2D eigenvalue weighted by atomic mass is 10.2. The lowest BCUT2D eigenvalue weighted by Crippen LogP contribution is -2.38. The Kier molecular flexibility index (Phi) is 10.5. The van der Waals surface area contributed by atoms with Crippen molar-refractivity contribution in [1.82, 2.24) is 10.6 Å². The first-order valence-corrected chi connectivity index (χ1v) is 8.26. The van der Waals surface area contributed by atoms with Crippen molar-refractivity contribution in [3.63, 3.8) is 0 Å². The van der Waals surface area contributed by atoms with Crippen molar-refractivity contribution >= 4 is 29.9 Å². The molecule has 7 heteroatoms. The molecule has 0 bridgehead atoms. The number of para-hydroxylation sites is 1. The number of nitrogens with zero attached hydrogens (tertiary/aromatic N) is 1. The molecule has 2 rings (SSSR count). The molecule has 0 heterocycles. The third-order valence-corrected chi connectivity index (χ3v) is 3.40. The number of ether oxygens (including phenoxy) is 2. The maximum Gasteiger partial charge on any atom is 0.191 e. The molecule has 0 unspecified atom stereocenters. The van der Waals surface area contributed by atoms with E-state index in [1.54, 1.807) is 19.2 Å². The highest BCUT2D eigenvalue weighted by Crippen LogP contribution is 2.17. The van der Waals surface area contributed by atoms with Crippen LogP contribution in [0.15, 0.2) is 53.5 Å². The quantitative estimate of drug-likeness (QED) is 0.267. The molecule has 0 atom stereocenters. The van der Waals surface area contributed by atoms with Crippen LogP contribution in [0.5, 0.6) is 11.5 Å². The van der Waals surface area contributed by atoms with Gasteiger partial charge in [0.25, 0.3) is 0 Å². The fourth-order valence-corrected chi connectivity index (χ4v) is 2.24. The van der Waals surface area contributed by atoms with E-state index in [1.165, 1.54) is 12.1 Å². The summed E-state index contributed by atoms with van der Waals surface area (Å²) in [6.07, 6.45) is 0. The summed E-state index contributed by atoms with van der Waals surface area (Å²) in [6, 6.07) is 14.0. The van der Waals surface area contributed by atoms with Gasteiger partial charge in [-0.1, -0.05) is 24.3 Å². The molecule has 142 valence electrons. The average Bonchev–Trinajstić information content (AvgIpc) is 2.62. The SMILES string of the molecule is CCOc1ccccc1CNC(=NC)NCCOc1cccc(F)c1.I. The van der Waals surface area contributed by atoms with Crippen molar-refractivity contribution in [2.75, 3.05) is 26.8 Å². The molecular weight excluding hydrogens is 448 g/mol. The number of aliphatic imine (C=N–C) groups is 1. The van der Waals surface area contributed by atoms with Gasteiger partial charge in [0.2, 0.25) is 0 Å². The molecule has 0 radical (unpaired) electrons. The van der Waals surface area contributed by atoms with Gasteiger partial charge in [0.15, 0.2) is 5.96 Å². The molecule has 0 aliphatic heterocycles. The van der Waals surface area contributed by atoms with Crippen LogP contribution < -0.4 is 20.1 Å². The summed E-state index contributed by atoms with van der Waals surface area (Å²) in [5.41, 5.74) is 1.06. The van der Waals surface area contributed by atoms with Crippen LogP contribution in [-0.4, -0.2) is 32.8 Å². The lowest BCUT2D eigenvalue weighted by molar-refractivity contribution is 0.320. The summed E-state index contributed by atoms with van der Waals surface area (Å²) < 4.78 is 24.2. The van der Waals surface area contributed by atoms with Gasteiger partial charge in [-0.3, -0.25) is 4.99 Å². The number of nitrogens with one attached hydrogen (secondary N) is 2. The number of halogens is 2. The summed E-state index contributed by atoms with van der Waals surface area (Å²) >= 11 is 0. The zero-order chi connectivity index (χ0) is 17.9. The van der Waals surface area contributed by atoms with Crippen molar-refractivity contribution in [1.29, 1.82) is 0 Å². The molecule has 0 saturated carbocycles. The average molecular weight is 473 g/mol. The number of benzene rings is 2. The second kappa shape index (κ2) is 12.3. The van der Waals surface area contributed by atoms with Crippen LogP contribution in [0.25, 0.3) is 0 Å². The minimum atomic E-state index is -0.309. The minimum Gasteiger partial charge on any atom is -0.494 e. The topological polar surface area (TPSA) is 54.9 Å². The Labute approximate surface area is 171 Å². The van der Waals surface area contributed by atoms with Gasteiger partial charge >= 0.3 is 0 Å². The molecule has 26 heavy (non-hydrogen) atoms. The number of hydrogen-bond donors (Lipinski definition) is 2. The summed E-state index contributed by atoms with van der Waals surface area (Å²) in [7, 11) is 1.71. The van der Waals surface area contributed by atoms with Crippen LogP contribution in [0.1, 0.15) is 12.5 Å². The van der Waals surface area contributed by atoms with Crippen LogP contribution >= 0.6 is 24.0 Å². The van der Waals surface area contributed by atoms with E-state index in [4.69, 9.17) is 9.47 Å². The normalized spacial score (nSPS) is 10.7. The van der Waals surface area contributed by atoms with E-state index in [0.29, 0.717) is 38.0 Å². The van der Waals surface area contributed by atoms with Crippen LogP contribution in [0.4, 0.5) is 4.39 Å². The van der Waals surface area contributed by atoms with Crippen molar-refractivity contribution in [3.05, 3.63) is 59.9 Å². The first-order chi connectivity index (χ1) is 12.2. The molecule has 5 nitrogen and oxygen atoms in total. The first kappa shape index (κ1) is 22.0. The van der Waals surface area contributed by atoms with Crippen LogP contribution in [0, 0.1) is 5.82 Å². The molecule has 0 aliphatic rings. The highest BCUT2D eigenvalue weighted by atomic mass is 127. The van der Waals surface area contributed by atoms with E-state index >= 15 is 0 Å². The second-order valence-corrected chi connectivity index (χ2v) is 5.20. The number of guanidine groups is 1. The van der Waals surface area contributed by atoms with E-state index in [0.717, 1.165) is 11.3 Å². The van der Waals surface area contributed by atoms with Crippen LogP contribution in [0.2, 0.25) is 0 Å². The molecule has 0 spiro atoms. The van der Waals surface area contributed by atoms with Gasteiger partial charge < -0.3 is 20.1 Å². The Bertz CT molecular complexity index is 698. The standard InChI is InChI=1S/C19H24FN3O2.HI/c1-3-24-18-10-5-4-7-15(18)14-23-19(21-2)22-11-12-25-17-9-6-8-16(20)13-17;/h4-10,13H,3,11-12,14H2,1-2H3,(H2,21,22,23);1H. The van der Waals surface area contributed by atoms with E-state index in [-0.39, 0.29) is 29.8 Å². The molecule has 0 saturated heterocycles. The van der Waals surface area contributed by atoms with E-state index < -0.39 is 0 Å². The first-order valence-electron chi connectivity index (χ1n) is 8.26. The third-order valence-electron chi connectivity index (χ3n) is 3.40. The predicted octanol–water partition coefficient (Wildman–Crippen LogP) is 3.59. The summed E-state index contributed by atoms with van der Waals surface area (Å²) in [5, 5.41) is 6.39. The van der Waals surface area contributed by atoms with Crippen molar-refractivity contribution in [2.24, 2.45) is 4.99 Å².